The van der Waals surface area contributed by atoms with E-state index >= 15 is 0 Å². The third-order valence-corrected chi connectivity index (χ3v) is 4.73. The topological polar surface area (TPSA) is 39.7 Å². The number of hydrogen-bond acceptors (Lipinski definition) is 4. The van der Waals surface area contributed by atoms with Gasteiger partial charge in [-0.1, -0.05) is 13.0 Å². The van der Waals surface area contributed by atoms with Gasteiger partial charge >= 0.3 is 0 Å². The molecule has 4 heteroatoms. The lowest BCUT2D eigenvalue weighted by Gasteiger charge is -2.42. The summed E-state index contributed by atoms with van der Waals surface area (Å²) in [5.74, 6) is 1.78. The number of nitrogens with one attached hydrogen (secondary N) is 1. The van der Waals surface area contributed by atoms with E-state index in [1.807, 2.05) is 12.1 Å². The molecule has 3 unspecified atom stereocenters. The molecule has 0 bridgehead atoms. The van der Waals surface area contributed by atoms with E-state index in [2.05, 4.69) is 25.2 Å². The molecule has 116 valence electrons. The molecule has 0 saturated carbocycles. The van der Waals surface area contributed by atoms with Gasteiger partial charge in [-0.2, -0.15) is 0 Å². The van der Waals surface area contributed by atoms with E-state index in [9.17, 15) is 0 Å². The van der Waals surface area contributed by atoms with E-state index in [-0.39, 0.29) is 11.7 Å². The van der Waals surface area contributed by atoms with Crippen molar-refractivity contribution in [1.29, 1.82) is 0 Å². The smallest absolute Gasteiger partial charge is 0.139 e. The van der Waals surface area contributed by atoms with Crippen molar-refractivity contribution in [1.82, 2.24) is 5.32 Å². The first-order chi connectivity index (χ1) is 10.2. The van der Waals surface area contributed by atoms with Gasteiger partial charge in [-0.3, -0.25) is 0 Å². The summed E-state index contributed by atoms with van der Waals surface area (Å²) in [5, 5.41) is 3.66. The fourth-order valence-electron chi connectivity index (χ4n) is 3.40. The minimum absolute atomic E-state index is 0.128. The van der Waals surface area contributed by atoms with Crippen LogP contribution in [0.15, 0.2) is 18.2 Å². The van der Waals surface area contributed by atoms with Gasteiger partial charge in [-0.05, 0) is 26.0 Å². The lowest BCUT2D eigenvalue weighted by atomic mass is 9.83. The summed E-state index contributed by atoms with van der Waals surface area (Å²) in [6.45, 7) is 6.11. The molecule has 0 aliphatic carbocycles. The Labute approximate surface area is 126 Å². The molecule has 1 N–H and O–H groups in total. The van der Waals surface area contributed by atoms with Gasteiger partial charge < -0.3 is 19.5 Å². The first-order valence-electron chi connectivity index (χ1n) is 7.90. The van der Waals surface area contributed by atoms with Crippen LogP contribution in [0, 0.1) is 0 Å². The first-order valence-corrected chi connectivity index (χ1v) is 7.90. The van der Waals surface area contributed by atoms with Crippen LogP contribution in [0.5, 0.6) is 11.5 Å². The van der Waals surface area contributed by atoms with Crippen LogP contribution in [0.4, 0.5) is 0 Å². The Kier molecular flexibility index (Phi) is 4.09. The van der Waals surface area contributed by atoms with E-state index in [0.29, 0.717) is 6.04 Å². The van der Waals surface area contributed by atoms with Crippen LogP contribution >= 0.6 is 0 Å². The van der Waals surface area contributed by atoms with Gasteiger partial charge in [0.05, 0.1) is 19.8 Å². The first kappa shape index (κ1) is 14.7. The van der Waals surface area contributed by atoms with Crippen molar-refractivity contribution in [3.8, 4) is 11.5 Å². The highest BCUT2D eigenvalue weighted by Crippen LogP contribution is 2.46. The summed E-state index contributed by atoms with van der Waals surface area (Å²) in [6, 6.07) is 6.45. The lowest BCUT2D eigenvalue weighted by molar-refractivity contribution is -0.0308. The van der Waals surface area contributed by atoms with Crippen LogP contribution in [-0.4, -0.2) is 32.0 Å². The average molecular weight is 291 g/mol. The summed E-state index contributed by atoms with van der Waals surface area (Å²) in [7, 11) is 1.69. The van der Waals surface area contributed by atoms with Crippen molar-refractivity contribution in [3.63, 3.8) is 0 Å². The normalized spacial score (nSPS) is 31.0. The molecule has 1 fully saturated rings. The van der Waals surface area contributed by atoms with Gasteiger partial charge in [0.25, 0.3) is 0 Å². The van der Waals surface area contributed by atoms with Gasteiger partial charge in [0, 0.05) is 30.5 Å². The van der Waals surface area contributed by atoms with Gasteiger partial charge in [-0.15, -0.1) is 0 Å². The molecule has 1 saturated heterocycles. The quantitative estimate of drug-likeness (QED) is 0.925. The number of hydrogen-bond donors (Lipinski definition) is 1. The minimum Gasteiger partial charge on any atom is -0.497 e. The molecular formula is C17H25NO3. The molecular weight excluding hydrogens is 266 g/mol. The number of rotatable bonds is 4. The van der Waals surface area contributed by atoms with Crippen molar-refractivity contribution in [2.45, 2.75) is 50.9 Å². The zero-order chi connectivity index (χ0) is 14.9. The summed E-state index contributed by atoms with van der Waals surface area (Å²) < 4.78 is 17.5. The molecule has 2 aliphatic rings. The Balaban J connectivity index is 1.95. The van der Waals surface area contributed by atoms with E-state index in [0.717, 1.165) is 43.9 Å². The highest BCUT2D eigenvalue weighted by atomic mass is 16.6. The Morgan fingerprint density at radius 2 is 2.29 bits per heavy atom. The molecule has 3 rings (SSSR count). The molecule has 1 spiro atoms. The molecule has 1 aromatic carbocycles. The maximum atomic E-state index is 6.40. The Bertz CT molecular complexity index is 505. The van der Waals surface area contributed by atoms with E-state index in [1.165, 1.54) is 5.56 Å². The van der Waals surface area contributed by atoms with E-state index < -0.39 is 0 Å². The second kappa shape index (κ2) is 5.85. The summed E-state index contributed by atoms with van der Waals surface area (Å²) >= 11 is 0. The molecule has 4 nitrogen and oxygen atoms in total. The van der Waals surface area contributed by atoms with Crippen LogP contribution in [0.3, 0.4) is 0 Å². The highest BCUT2D eigenvalue weighted by molar-refractivity contribution is 5.45. The van der Waals surface area contributed by atoms with E-state index in [1.54, 1.807) is 7.11 Å². The van der Waals surface area contributed by atoms with Crippen molar-refractivity contribution in [2.24, 2.45) is 0 Å². The second-order valence-electron chi connectivity index (χ2n) is 6.04. The van der Waals surface area contributed by atoms with Crippen LogP contribution < -0.4 is 14.8 Å². The molecule has 1 aromatic rings. The van der Waals surface area contributed by atoms with Gasteiger partial charge in [0.2, 0.25) is 0 Å². The minimum atomic E-state index is -0.204. The average Bonchev–Trinajstić information content (AvgIpc) is 2.84. The van der Waals surface area contributed by atoms with Gasteiger partial charge in [0.1, 0.15) is 17.1 Å². The standard InChI is InChI=1S/C17H25NO3/c1-4-8-18-15-11-17(7-9-20-12(17)2)21-16-10-13(19-3)5-6-14(15)16/h5-6,10,12,15,18H,4,7-9,11H2,1-3H3. The van der Waals surface area contributed by atoms with Crippen molar-refractivity contribution >= 4 is 0 Å². The van der Waals surface area contributed by atoms with Crippen molar-refractivity contribution in [2.75, 3.05) is 20.3 Å². The second-order valence-corrected chi connectivity index (χ2v) is 6.04. The number of fused-ring (bicyclic) bond motifs is 1. The van der Waals surface area contributed by atoms with Crippen LogP contribution in [-0.2, 0) is 4.74 Å². The molecule has 3 atom stereocenters. The molecule has 0 aromatic heterocycles. The maximum Gasteiger partial charge on any atom is 0.139 e. The van der Waals surface area contributed by atoms with Crippen molar-refractivity contribution in [3.05, 3.63) is 23.8 Å². The zero-order valence-corrected chi connectivity index (χ0v) is 13.1. The summed E-state index contributed by atoms with van der Waals surface area (Å²) in [5.41, 5.74) is 1.03. The predicted molar refractivity (Wildman–Crippen MR) is 82.0 cm³/mol. The highest BCUT2D eigenvalue weighted by Gasteiger charge is 2.48. The maximum absolute atomic E-state index is 6.40. The predicted octanol–water partition coefficient (Wildman–Crippen LogP) is 3.07. The van der Waals surface area contributed by atoms with E-state index in [4.69, 9.17) is 14.2 Å². The fraction of sp³-hybridized carbons (Fsp3) is 0.647. The molecule has 21 heavy (non-hydrogen) atoms. The largest absolute Gasteiger partial charge is 0.497 e. The Hall–Kier alpha value is -1.26. The Morgan fingerprint density at radius 1 is 1.43 bits per heavy atom. The number of methoxy groups -OCH3 is 1. The third kappa shape index (κ3) is 2.62. The molecule has 2 heterocycles. The molecule has 0 amide bonds. The van der Waals surface area contributed by atoms with Gasteiger partial charge in [0.15, 0.2) is 0 Å². The Morgan fingerprint density at radius 3 is 2.95 bits per heavy atom. The molecule has 0 radical (unpaired) electrons. The van der Waals surface area contributed by atoms with Gasteiger partial charge in [-0.25, -0.2) is 0 Å². The van der Waals surface area contributed by atoms with Crippen LogP contribution in [0.25, 0.3) is 0 Å². The summed E-state index contributed by atoms with van der Waals surface area (Å²) in [4.78, 5) is 0. The monoisotopic (exact) mass is 291 g/mol. The van der Waals surface area contributed by atoms with Crippen molar-refractivity contribution < 1.29 is 14.2 Å². The summed E-state index contributed by atoms with van der Waals surface area (Å²) in [6.07, 6.45) is 3.17. The number of benzene rings is 1. The molecule has 2 aliphatic heterocycles. The zero-order valence-electron chi connectivity index (χ0n) is 13.1. The third-order valence-electron chi connectivity index (χ3n) is 4.73. The fourth-order valence-corrected chi connectivity index (χ4v) is 3.40. The van der Waals surface area contributed by atoms with Crippen LogP contribution in [0.1, 0.15) is 44.7 Å². The number of ether oxygens (including phenoxy) is 3. The lowest BCUT2D eigenvalue weighted by Crippen LogP contribution is -2.48. The SMILES string of the molecule is CCCNC1CC2(CCOC2C)Oc2cc(OC)ccc21. The van der Waals surface area contributed by atoms with Crippen LogP contribution in [0.2, 0.25) is 0 Å².